The van der Waals surface area contributed by atoms with Gasteiger partial charge in [-0.15, -0.1) is 22.0 Å². The van der Waals surface area contributed by atoms with Gasteiger partial charge in [0.25, 0.3) is 0 Å². The molecule has 2 aromatic rings. The van der Waals surface area contributed by atoms with Crippen LogP contribution in [0.2, 0.25) is 0 Å². The van der Waals surface area contributed by atoms with Crippen molar-refractivity contribution in [3.63, 3.8) is 0 Å². The van der Waals surface area contributed by atoms with E-state index in [1.165, 1.54) is 21.8 Å². The third kappa shape index (κ3) is 4.56. The Balaban J connectivity index is 1.33. The topological polar surface area (TPSA) is 78.4 Å². The number of anilines is 2. The van der Waals surface area contributed by atoms with E-state index in [1.807, 2.05) is 4.90 Å². The van der Waals surface area contributed by atoms with E-state index in [1.54, 1.807) is 16.7 Å². The van der Waals surface area contributed by atoms with Gasteiger partial charge in [0.15, 0.2) is 0 Å². The average molecular weight is 432 g/mol. The van der Waals surface area contributed by atoms with E-state index in [4.69, 9.17) is 0 Å². The zero-order chi connectivity index (χ0) is 20.2. The fraction of sp³-hybridized carbons (Fsp3) is 0.500. The Morgan fingerprint density at radius 1 is 1.21 bits per heavy atom. The first kappa shape index (κ1) is 20.2. The lowest BCUT2D eigenvalue weighted by molar-refractivity contribution is -0.122. The first-order chi connectivity index (χ1) is 14.2. The average Bonchev–Trinajstić information content (AvgIpc) is 3.48. The van der Waals surface area contributed by atoms with Crippen molar-refractivity contribution >= 4 is 45.2 Å². The van der Waals surface area contributed by atoms with E-state index in [0.29, 0.717) is 24.6 Å². The number of hydrogen-bond acceptors (Lipinski definition) is 7. The molecule has 4 rings (SSSR count). The van der Waals surface area contributed by atoms with Crippen LogP contribution in [0.3, 0.4) is 0 Å². The quantitative estimate of drug-likeness (QED) is 0.679. The second-order valence-electron chi connectivity index (χ2n) is 7.26. The Hall–Kier alpha value is -2.13. The minimum atomic E-state index is -0.219. The molecule has 1 N–H and O–H groups in total. The molecule has 154 valence electrons. The molecule has 2 fully saturated rings. The van der Waals surface area contributed by atoms with Gasteiger partial charge in [-0.05, 0) is 49.6 Å². The predicted molar refractivity (Wildman–Crippen MR) is 117 cm³/mol. The summed E-state index contributed by atoms with van der Waals surface area (Å²) in [6.07, 6.45) is 6.07. The second-order valence-corrected chi connectivity index (χ2v) is 9.07. The molecule has 0 radical (unpaired) electrons. The number of hydrogen-bond donors (Lipinski definition) is 1. The molecule has 2 amide bonds. The highest BCUT2D eigenvalue weighted by atomic mass is 32.2. The van der Waals surface area contributed by atoms with E-state index in [-0.39, 0.29) is 17.9 Å². The minimum Gasteiger partial charge on any atom is -0.354 e. The van der Waals surface area contributed by atoms with Crippen LogP contribution in [0, 0.1) is 0 Å². The molecule has 1 atom stereocenters. The van der Waals surface area contributed by atoms with Crippen LogP contribution in [-0.2, 0) is 16.0 Å². The highest BCUT2D eigenvalue weighted by Crippen LogP contribution is 2.33. The Morgan fingerprint density at radius 2 is 2.00 bits per heavy atom. The Kier molecular flexibility index (Phi) is 6.34. The van der Waals surface area contributed by atoms with E-state index < -0.39 is 0 Å². The highest BCUT2D eigenvalue weighted by Gasteiger charge is 2.34. The van der Waals surface area contributed by atoms with Crippen molar-refractivity contribution < 1.29 is 9.59 Å². The molecule has 0 bridgehead atoms. The molecule has 0 spiro atoms. The van der Waals surface area contributed by atoms with Gasteiger partial charge in [-0.2, -0.15) is 0 Å². The molecule has 29 heavy (non-hydrogen) atoms. The maximum Gasteiger partial charge on any atom is 0.242 e. The SMILES string of the molecule is CSc1ccc(CCNC(=O)[C@H]2CCCN2c2nnc(N3CCCC3=O)s2)cc1. The van der Waals surface area contributed by atoms with Crippen molar-refractivity contribution in [1.82, 2.24) is 15.5 Å². The van der Waals surface area contributed by atoms with E-state index in [2.05, 4.69) is 46.0 Å². The molecule has 0 aliphatic carbocycles. The maximum atomic E-state index is 12.8. The molecule has 2 saturated heterocycles. The number of aromatic nitrogens is 2. The summed E-state index contributed by atoms with van der Waals surface area (Å²) < 4.78 is 0. The summed E-state index contributed by atoms with van der Waals surface area (Å²) >= 11 is 3.13. The zero-order valence-electron chi connectivity index (χ0n) is 16.5. The van der Waals surface area contributed by atoms with E-state index in [9.17, 15) is 9.59 Å². The van der Waals surface area contributed by atoms with Crippen molar-refractivity contribution in [3.05, 3.63) is 29.8 Å². The first-order valence-corrected chi connectivity index (χ1v) is 12.0. The summed E-state index contributed by atoms with van der Waals surface area (Å²) in [4.78, 5) is 29.7. The van der Waals surface area contributed by atoms with Crippen molar-refractivity contribution in [1.29, 1.82) is 0 Å². The Labute approximate surface area is 178 Å². The van der Waals surface area contributed by atoms with Gasteiger partial charge in [-0.1, -0.05) is 23.5 Å². The van der Waals surface area contributed by atoms with Crippen LogP contribution in [0.5, 0.6) is 0 Å². The van der Waals surface area contributed by atoms with Gasteiger partial charge in [0, 0.05) is 31.0 Å². The standard InChI is InChI=1S/C20H25N5O2S2/c1-28-15-8-6-14(7-9-15)10-11-21-18(27)16-4-2-12-24(16)19-22-23-20(29-19)25-13-3-5-17(25)26/h6-9,16H,2-5,10-13H2,1H3,(H,21,27)/t16-/m1/s1. The first-order valence-electron chi connectivity index (χ1n) is 9.97. The minimum absolute atomic E-state index is 0.0391. The van der Waals surface area contributed by atoms with Crippen LogP contribution in [0.4, 0.5) is 10.3 Å². The smallest absolute Gasteiger partial charge is 0.242 e. The van der Waals surface area contributed by atoms with Crippen LogP contribution in [0.15, 0.2) is 29.2 Å². The molecular weight excluding hydrogens is 406 g/mol. The molecule has 7 nitrogen and oxygen atoms in total. The summed E-state index contributed by atoms with van der Waals surface area (Å²) in [5.41, 5.74) is 1.22. The number of rotatable bonds is 7. The summed E-state index contributed by atoms with van der Waals surface area (Å²) in [5.74, 6) is 0.145. The third-order valence-corrected chi connectivity index (χ3v) is 7.11. The van der Waals surface area contributed by atoms with Gasteiger partial charge in [-0.3, -0.25) is 14.5 Å². The monoisotopic (exact) mass is 431 g/mol. The fourth-order valence-corrected chi connectivity index (χ4v) is 5.17. The van der Waals surface area contributed by atoms with Crippen molar-refractivity contribution in [2.24, 2.45) is 0 Å². The number of benzene rings is 1. The van der Waals surface area contributed by atoms with Gasteiger partial charge in [0.05, 0.1) is 0 Å². The summed E-state index contributed by atoms with van der Waals surface area (Å²) in [6.45, 7) is 2.11. The molecule has 9 heteroatoms. The van der Waals surface area contributed by atoms with Gasteiger partial charge in [0.2, 0.25) is 22.1 Å². The normalized spacial score (nSPS) is 19.2. The van der Waals surface area contributed by atoms with Crippen LogP contribution in [0.1, 0.15) is 31.2 Å². The number of nitrogens with one attached hydrogen (secondary N) is 1. The summed E-state index contributed by atoms with van der Waals surface area (Å²) in [5, 5.41) is 12.9. The molecule has 1 aromatic heterocycles. The lowest BCUT2D eigenvalue weighted by Crippen LogP contribution is -2.44. The molecule has 3 heterocycles. The van der Waals surface area contributed by atoms with Gasteiger partial charge >= 0.3 is 0 Å². The summed E-state index contributed by atoms with van der Waals surface area (Å²) in [6, 6.07) is 8.23. The molecule has 0 saturated carbocycles. The molecule has 0 unspecified atom stereocenters. The number of nitrogens with zero attached hydrogens (tertiary/aromatic N) is 4. The third-order valence-electron chi connectivity index (χ3n) is 5.38. The van der Waals surface area contributed by atoms with Crippen molar-refractivity contribution in [2.75, 3.05) is 35.7 Å². The molecule has 2 aliphatic heterocycles. The van der Waals surface area contributed by atoms with Crippen LogP contribution in [-0.4, -0.2) is 53.9 Å². The number of carbonyl (C=O) groups excluding carboxylic acids is 2. The summed E-state index contributed by atoms with van der Waals surface area (Å²) in [7, 11) is 0. The number of carbonyl (C=O) groups is 2. The zero-order valence-corrected chi connectivity index (χ0v) is 18.1. The predicted octanol–water partition coefficient (Wildman–Crippen LogP) is 2.71. The van der Waals surface area contributed by atoms with Crippen LogP contribution < -0.4 is 15.1 Å². The van der Waals surface area contributed by atoms with Gasteiger partial charge in [0.1, 0.15) is 6.04 Å². The van der Waals surface area contributed by atoms with Crippen LogP contribution >= 0.6 is 23.1 Å². The maximum absolute atomic E-state index is 12.8. The Morgan fingerprint density at radius 3 is 2.72 bits per heavy atom. The number of thioether (sulfide) groups is 1. The highest BCUT2D eigenvalue weighted by molar-refractivity contribution is 7.98. The van der Waals surface area contributed by atoms with Crippen LogP contribution in [0.25, 0.3) is 0 Å². The molecule has 1 aromatic carbocycles. The number of amides is 2. The molecule has 2 aliphatic rings. The van der Waals surface area contributed by atoms with E-state index >= 15 is 0 Å². The second kappa shape index (κ2) is 9.13. The van der Waals surface area contributed by atoms with Crippen molar-refractivity contribution in [3.8, 4) is 0 Å². The lowest BCUT2D eigenvalue weighted by Gasteiger charge is -2.22. The van der Waals surface area contributed by atoms with Gasteiger partial charge < -0.3 is 10.2 Å². The fourth-order valence-electron chi connectivity index (χ4n) is 3.79. The molecular formula is C20H25N5O2S2. The Bertz CT molecular complexity index is 870. The van der Waals surface area contributed by atoms with E-state index in [0.717, 1.165) is 37.4 Å². The van der Waals surface area contributed by atoms with Crippen molar-refractivity contribution in [2.45, 2.75) is 43.0 Å². The largest absolute Gasteiger partial charge is 0.354 e. The lowest BCUT2D eigenvalue weighted by atomic mass is 10.1. The van der Waals surface area contributed by atoms with Gasteiger partial charge in [-0.25, -0.2) is 0 Å².